The number of nitrogens with two attached hydrogens (primary N) is 1. The second-order valence-electron chi connectivity index (χ2n) is 3.98. The molecule has 0 saturated carbocycles. The Morgan fingerprint density at radius 3 is 2.24 bits per heavy atom. The van der Waals surface area contributed by atoms with Gasteiger partial charge in [0.1, 0.15) is 6.10 Å². The Morgan fingerprint density at radius 2 is 1.88 bits per heavy atom. The lowest BCUT2D eigenvalue weighted by atomic mass is 10.0. The van der Waals surface area contributed by atoms with Gasteiger partial charge in [0.2, 0.25) is 0 Å². The lowest BCUT2D eigenvalue weighted by Gasteiger charge is -2.30. The highest BCUT2D eigenvalue weighted by molar-refractivity contribution is 9.11. The molecule has 0 radical (unpaired) electrons. The summed E-state index contributed by atoms with van der Waals surface area (Å²) in [6.07, 6.45) is 0.228. The molecular weight excluding hydrogens is 306 g/mol. The van der Waals surface area contributed by atoms with Gasteiger partial charge in [-0.25, -0.2) is 8.42 Å². The number of sulfone groups is 1. The molecule has 0 saturated heterocycles. The second-order valence-corrected chi connectivity index (χ2v) is 8.19. The van der Waals surface area contributed by atoms with Gasteiger partial charge in [0.15, 0.2) is 13.5 Å². The summed E-state index contributed by atoms with van der Waals surface area (Å²) in [5.74, 6) is 0. The second kappa shape index (κ2) is 4.96. The molecule has 0 aromatic heterocycles. The summed E-state index contributed by atoms with van der Waals surface area (Å²) in [5.41, 5.74) is 6.63. The largest absolute Gasteiger partial charge is 0.399 e. The van der Waals surface area contributed by atoms with Crippen molar-refractivity contribution in [2.75, 3.05) is 12.0 Å². The van der Waals surface area contributed by atoms with Gasteiger partial charge >= 0.3 is 0 Å². The Morgan fingerprint density at radius 1 is 1.41 bits per heavy atom. The van der Waals surface area contributed by atoms with Crippen molar-refractivity contribution >= 4 is 31.5 Å². The zero-order valence-electron chi connectivity index (χ0n) is 9.72. The maximum Gasteiger partial charge on any atom is 0.166 e. The van der Waals surface area contributed by atoms with Gasteiger partial charge in [-0.15, -0.1) is 0 Å². The first-order chi connectivity index (χ1) is 7.72. The lowest BCUT2D eigenvalue weighted by Crippen LogP contribution is -2.37. The van der Waals surface area contributed by atoms with Crippen molar-refractivity contribution < 1.29 is 13.5 Å². The number of hydrogen-bond donors (Lipinski definition) is 2. The first-order valence-corrected chi connectivity index (χ1v) is 7.83. The van der Waals surface area contributed by atoms with Crippen molar-refractivity contribution in [1.29, 1.82) is 0 Å². The molecule has 0 aliphatic carbocycles. The average Bonchev–Trinajstić information content (AvgIpc) is 2.26. The maximum atomic E-state index is 11.7. The Kier molecular flexibility index (Phi) is 4.22. The average molecular weight is 322 g/mol. The summed E-state index contributed by atoms with van der Waals surface area (Å²) in [6.45, 7) is 1.70. The van der Waals surface area contributed by atoms with E-state index in [1.54, 1.807) is 31.2 Å². The van der Waals surface area contributed by atoms with Crippen LogP contribution in [0.15, 0.2) is 24.3 Å². The summed E-state index contributed by atoms with van der Waals surface area (Å²) in [5, 5.41) is 10.2. The van der Waals surface area contributed by atoms with Gasteiger partial charge in [-0.05, 0) is 24.1 Å². The molecule has 0 amide bonds. The molecule has 0 spiro atoms. The monoisotopic (exact) mass is 321 g/mol. The number of aliphatic hydroxyl groups excluding tert-OH is 1. The van der Waals surface area contributed by atoms with E-state index in [0.717, 1.165) is 6.26 Å². The first-order valence-electron chi connectivity index (χ1n) is 5.14. The zero-order chi connectivity index (χ0) is 13.3. The topological polar surface area (TPSA) is 80.4 Å². The highest BCUT2D eigenvalue weighted by Crippen LogP contribution is 2.41. The normalized spacial score (nSPS) is 17.4. The van der Waals surface area contributed by atoms with Crippen molar-refractivity contribution in [3.05, 3.63) is 29.8 Å². The molecule has 0 bridgehead atoms. The molecule has 3 N–H and O–H groups in total. The number of hydrogen-bond acceptors (Lipinski definition) is 4. The Labute approximate surface area is 110 Å². The first kappa shape index (κ1) is 14.5. The van der Waals surface area contributed by atoms with Crippen LogP contribution in [0.25, 0.3) is 0 Å². The van der Waals surface area contributed by atoms with E-state index in [1.165, 1.54) is 0 Å². The van der Waals surface area contributed by atoms with Crippen LogP contribution in [0.1, 0.15) is 25.0 Å². The number of nitrogen functional groups attached to an aromatic ring is 1. The van der Waals surface area contributed by atoms with E-state index in [4.69, 9.17) is 5.73 Å². The molecule has 1 aromatic carbocycles. The number of benzene rings is 1. The quantitative estimate of drug-likeness (QED) is 0.655. The predicted molar refractivity (Wildman–Crippen MR) is 72.6 cm³/mol. The number of aliphatic hydroxyl groups is 1. The van der Waals surface area contributed by atoms with E-state index in [1.807, 2.05) is 0 Å². The Balaban J connectivity index is 3.19. The molecule has 96 valence electrons. The van der Waals surface area contributed by atoms with Crippen LogP contribution in [0.4, 0.5) is 5.69 Å². The highest BCUT2D eigenvalue weighted by Gasteiger charge is 2.44. The third-order valence-electron chi connectivity index (χ3n) is 2.76. The molecular formula is C11H16BrNO3S. The van der Waals surface area contributed by atoms with E-state index in [9.17, 15) is 13.5 Å². The molecule has 0 heterocycles. The highest BCUT2D eigenvalue weighted by atomic mass is 79.9. The molecule has 4 nitrogen and oxygen atoms in total. The lowest BCUT2D eigenvalue weighted by molar-refractivity contribution is 0.160. The summed E-state index contributed by atoms with van der Waals surface area (Å²) in [7, 11) is -3.44. The number of halogens is 1. The van der Waals surface area contributed by atoms with Crippen LogP contribution in [0.2, 0.25) is 0 Å². The fourth-order valence-electron chi connectivity index (χ4n) is 1.59. The Bertz CT molecular complexity index is 486. The van der Waals surface area contributed by atoms with Crippen molar-refractivity contribution in [1.82, 2.24) is 0 Å². The molecule has 0 aliphatic heterocycles. The maximum absolute atomic E-state index is 11.7. The van der Waals surface area contributed by atoms with Crippen LogP contribution in [0.5, 0.6) is 0 Å². The van der Waals surface area contributed by atoms with Crippen LogP contribution < -0.4 is 5.73 Å². The predicted octanol–water partition coefficient (Wildman–Crippen LogP) is 1.85. The minimum absolute atomic E-state index is 0.261. The summed E-state index contributed by atoms with van der Waals surface area (Å²) >= 11 is 3.16. The SMILES string of the molecule is CC[C@@](Br)([C@H](O)c1ccc(N)cc1)S(C)(=O)=O. The van der Waals surface area contributed by atoms with E-state index in [0.29, 0.717) is 11.3 Å². The summed E-state index contributed by atoms with van der Waals surface area (Å²) < 4.78 is 22.1. The summed E-state index contributed by atoms with van der Waals surface area (Å²) in [4.78, 5) is 0. The fraction of sp³-hybridized carbons (Fsp3) is 0.455. The zero-order valence-corrected chi connectivity index (χ0v) is 12.1. The van der Waals surface area contributed by atoms with Crippen LogP contribution in [0.3, 0.4) is 0 Å². The minimum Gasteiger partial charge on any atom is -0.399 e. The van der Waals surface area contributed by atoms with Crippen molar-refractivity contribution in [3.8, 4) is 0 Å². The van der Waals surface area contributed by atoms with Crippen molar-refractivity contribution in [2.24, 2.45) is 0 Å². The fourth-order valence-corrected chi connectivity index (χ4v) is 2.92. The molecule has 17 heavy (non-hydrogen) atoms. The van der Waals surface area contributed by atoms with Gasteiger partial charge in [-0.1, -0.05) is 35.0 Å². The molecule has 1 rings (SSSR count). The number of rotatable bonds is 4. The smallest absolute Gasteiger partial charge is 0.166 e. The molecule has 0 aliphatic rings. The van der Waals surface area contributed by atoms with E-state index >= 15 is 0 Å². The van der Waals surface area contributed by atoms with Gasteiger partial charge in [-0.3, -0.25) is 0 Å². The van der Waals surface area contributed by atoms with Crippen LogP contribution >= 0.6 is 15.9 Å². The van der Waals surface area contributed by atoms with E-state index in [-0.39, 0.29) is 6.42 Å². The van der Waals surface area contributed by atoms with Crippen LogP contribution in [-0.4, -0.2) is 23.4 Å². The van der Waals surface area contributed by atoms with Gasteiger partial charge in [0, 0.05) is 11.9 Å². The van der Waals surface area contributed by atoms with E-state index < -0.39 is 19.6 Å². The van der Waals surface area contributed by atoms with E-state index in [2.05, 4.69) is 15.9 Å². The standard InChI is InChI=1S/C11H16BrNO3S/c1-3-11(12,17(2,15)16)10(14)8-4-6-9(13)7-5-8/h4-7,10,14H,3,13H2,1-2H3/t10-,11+/m1/s1. The third kappa shape index (κ3) is 2.81. The van der Waals surface area contributed by atoms with Crippen LogP contribution in [-0.2, 0) is 9.84 Å². The number of alkyl halides is 1. The molecule has 0 unspecified atom stereocenters. The van der Waals surface area contributed by atoms with Gasteiger partial charge < -0.3 is 10.8 Å². The van der Waals surface area contributed by atoms with Crippen molar-refractivity contribution in [2.45, 2.75) is 23.1 Å². The van der Waals surface area contributed by atoms with Crippen molar-refractivity contribution in [3.63, 3.8) is 0 Å². The third-order valence-corrected chi connectivity index (χ3v) is 7.26. The Hall–Kier alpha value is -0.590. The molecule has 0 fully saturated rings. The molecule has 2 atom stereocenters. The van der Waals surface area contributed by atoms with Gasteiger partial charge in [-0.2, -0.15) is 0 Å². The minimum atomic E-state index is -3.44. The number of anilines is 1. The van der Waals surface area contributed by atoms with Gasteiger partial charge in [0.05, 0.1) is 0 Å². The molecule has 6 heteroatoms. The van der Waals surface area contributed by atoms with Gasteiger partial charge in [0.25, 0.3) is 0 Å². The summed E-state index contributed by atoms with van der Waals surface area (Å²) in [6, 6.07) is 6.50. The van der Waals surface area contributed by atoms with Crippen LogP contribution in [0, 0.1) is 0 Å². The molecule has 1 aromatic rings.